The number of hydrogen-bond donors (Lipinski definition) is 2. The van der Waals surface area contributed by atoms with Gasteiger partial charge in [-0.3, -0.25) is 4.79 Å². The summed E-state index contributed by atoms with van der Waals surface area (Å²) >= 11 is 1.48. The zero-order valence-electron chi connectivity index (χ0n) is 27.3. The van der Waals surface area contributed by atoms with Crippen LogP contribution in [0.15, 0.2) is 29.6 Å². The molecule has 0 radical (unpaired) electrons. The highest BCUT2D eigenvalue weighted by molar-refractivity contribution is 7.14. The summed E-state index contributed by atoms with van der Waals surface area (Å²) in [7, 11) is 2.87. The second-order valence-corrected chi connectivity index (χ2v) is 13.5. The maximum Gasteiger partial charge on any atom is 0.408 e. The molecule has 45 heavy (non-hydrogen) atoms. The van der Waals surface area contributed by atoms with E-state index in [-0.39, 0.29) is 24.9 Å². The number of rotatable bonds is 10. The molecule has 4 rings (SSSR count). The van der Waals surface area contributed by atoms with Gasteiger partial charge in [-0.15, -0.1) is 11.3 Å². The summed E-state index contributed by atoms with van der Waals surface area (Å²) in [6.07, 6.45) is -1.07. The first-order valence-electron chi connectivity index (χ1n) is 14.9. The molecule has 1 aliphatic heterocycles. The number of amides is 2. The number of fused-ring (bicyclic) bond motifs is 1. The normalized spacial score (nSPS) is 17.4. The van der Waals surface area contributed by atoms with Gasteiger partial charge in [0.15, 0.2) is 5.13 Å². The number of anilines is 1. The molecule has 0 bridgehead atoms. The smallest absolute Gasteiger partial charge is 0.408 e. The number of nitrogens with zero attached hydrogens (tertiary/aromatic N) is 3. The first kappa shape index (κ1) is 33.8. The summed E-state index contributed by atoms with van der Waals surface area (Å²) in [6, 6.07) is 5.73. The molecular weight excluding hydrogens is 598 g/mol. The lowest BCUT2D eigenvalue weighted by Crippen LogP contribution is -2.54. The molecule has 0 aliphatic carbocycles. The van der Waals surface area contributed by atoms with Crippen molar-refractivity contribution >= 4 is 45.3 Å². The van der Waals surface area contributed by atoms with Crippen molar-refractivity contribution in [1.82, 2.24) is 20.2 Å². The van der Waals surface area contributed by atoms with Crippen LogP contribution in [0.3, 0.4) is 0 Å². The Balaban J connectivity index is 1.65. The van der Waals surface area contributed by atoms with E-state index < -0.39 is 41.8 Å². The van der Waals surface area contributed by atoms with Crippen molar-refractivity contribution in [2.45, 2.75) is 84.7 Å². The van der Waals surface area contributed by atoms with E-state index in [0.717, 1.165) is 10.5 Å². The molecule has 2 N–H and O–H groups in total. The lowest BCUT2D eigenvalue weighted by Gasteiger charge is -2.30. The average molecular weight is 642 g/mol. The summed E-state index contributed by atoms with van der Waals surface area (Å²) in [4.78, 5) is 50.4. The van der Waals surface area contributed by atoms with E-state index >= 15 is 0 Å². The first-order chi connectivity index (χ1) is 21.2. The van der Waals surface area contributed by atoms with Gasteiger partial charge in [-0.25, -0.2) is 19.6 Å². The molecular formula is C32H43N5O7S. The summed E-state index contributed by atoms with van der Waals surface area (Å²) < 4.78 is 22.4. The van der Waals surface area contributed by atoms with Crippen LogP contribution in [0, 0.1) is 5.92 Å². The van der Waals surface area contributed by atoms with Crippen LogP contribution < -0.4 is 20.1 Å². The summed E-state index contributed by atoms with van der Waals surface area (Å²) in [5.74, 6) is -0.0987. The Bertz CT molecular complexity index is 1530. The number of aromatic nitrogens is 2. The van der Waals surface area contributed by atoms with Crippen molar-refractivity contribution in [2.75, 3.05) is 26.1 Å². The largest absolute Gasteiger partial charge is 0.497 e. The molecule has 0 spiro atoms. The Morgan fingerprint density at radius 2 is 1.78 bits per heavy atom. The van der Waals surface area contributed by atoms with Gasteiger partial charge in [0, 0.05) is 35.4 Å². The van der Waals surface area contributed by atoms with Gasteiger partial charge in [-0.2, -0.15) is 0 Å². The quantitative estimate of drug-likeness (QED) is 0.282. The zero-order chi connectivity index (χ0) is 33.1. The molecule has 0 saturated carbocycles. The fraction of sp³-hybridized carbons (Fsp3) is 0.531. The van der Waals surface area contributed by atoms with E-state index in [0.29, 0.717) is 28.4 Å². The molecule has 3 aromatic rings. The molecule has 13 heteroatoms. The molecule has 244 valence electrons. The van der Waals surface area contributed by atoms with E-state index in [9.17, 15) is 14.4 Å². The maximum atomic E-state index is 13.9. The van der Waals surface area contributed by atoms with E-state index in [1.54, 1.807) is 27.9 Å². The number of benzene rings is 1. The van der Waals surface area contributed by atoms with Crippen LogP contribution in [0.5, 0.6) is 11.5 Å². The third-order valence-electron chi connectivity index (χ3n) is 7.08. The van der Waals surface area contributed by atoms with Gasteiger partial charge in [-0.05, 0) is 52.7 Å². The zero-order valence-corrected chi connectivity index (χ0v) is 28.1. The van der Waals surface area contributed by atoms with Crippen LogP contribution in [0.4, 0.5) is 9.93 Å². The Labute approximate surface area is 267 Å². The Hall–Kier alpha value is -4.13. The molecule has 12 nitrogen and oxygen atoms in total. The molecule has 3 heterocycles. The highest BCUT2D eigenvalue weighted by Crippen LogP contribution is 2.35. The topological polar surface area (TPSA) is 141 Å². The molecule has 1 saturated heterocycles. The fourth-order valence-electron chi connectivity index (χ4n) is 5.03. The predicted molar refractivity (Wildman–Crippen MR) is 173 cm³/mol. The van der Waals surface area contributed by atoms with Gasteiger partial charge in [0.1, 0.15) is 41.0 Å². The Kier molecular flexibility index (Phi) is 10.4. The van der Waals surface area contributed by atoms with Crippen molar-refractivity contribution in [3.8, 4) is 22.9 Å². The highest BCUT2D eigenvalue weighted by atomic mass is 32.1. The lowest BCUT2D eigenvalue weighted by atomic mass is 10.0. The van der Waals surface area contributed by atoms with Gasteiger partial charge >= 0.3 is 12.1 Å². The van der Waals surface area contributed by atoms with E-state index in [1.807, 2.05) is 57.3 Å². The molecule has 1 aromatic carbocycles. The van der Waals surface area contributed by atoms with Crippen LogP contribution in [0.2, 0.25) is 0 Å². The third kappa shape index (κ3) is 8.33. The van der Waals surface area contributed by atoms with Crippen LogP contribution >= 0.6 is 11.3 Å². The lowest BCUT2D eigenvalue weighted by molar-refractivity contribution is -0.152. The monoisotopic (exact) mass is 641 g/mol. The summed E-state index contributed by atoms with van der Waals surface area (Å²) in [6.45, 7) is 13.1. The van der Waals surface area contributed by atoms with E-state index in [4.69, 9.17) is 28.9 Å². The van der Waals surface area contributed by atoms with Crippen LogP contribution in [-0.2, 0) is 19.1 Å². The number of likely N-dealkylation sites (tertiary alicyclic amines) is 1. The number of alkyl carbamates (subject to hydrolysis) is 1. The fourth-order valence-corrected chi connectivity index (χ4v) is 5.88. The van der Waals surface area contributed by atoms with Crippen molar-refractivity contribution in [1.29, 1.82) is 0 Å². The number of carbonyl (C=O) groups excluding carboxylic acids is 3. The predicted octanol–water partition coefficient (Wildman–Crippen LogP) is 5.26. The maximum absolute atomic E-state index is 13.9. The average Bonchev–Trinajstić information content (AvgIpc) is 3.60. The standard InChI is InChI=1S/C32H43N5O7S/c1-17(2)27(36-31(40)44-32(5,6)7)28(38)37-15-20(13-25(37)29(39)42-9)43-26-14-23(24-16-45-30(35-24)33-18(3)4)34-22-12-19(41-8)10-11-21(22)26/h10-12,14,16-18,20,25,27H,13,15H2,1-9H3,(H,33,35)(H,36,40)/t20-,25+,27?/m1/s1. The second kappa shape index (κ2) is 13.9. The molecule has 2 aromatic heterocycles. The molecule has 3 atom stereocenters. The van der Waals surface area contributed by atoms with Gasteiger partial charge in [0.2, 0.25) is 5.91 Å². The number of thiazole rings is 1. The minimum atomic E-state index is -0.926. The summed E-state index contributed by atoms with van der Waals surface area (Å²) in [5.41, 5.74) is 1.19. The van der Waals surface area contributed by atoms with Crippen LogP contribution in [-0.4, -0.2) is 83.4 Å². The minimum Gasteiger partial charge on any atom is -0.497 e. The number of ether oxygens (including phenoxy) is 4. The Morgan fingerprint density at radius 3 is 2.40 bits per heavy atom. The molecule has 1 fully saturated rings. The number of hydrogen-bond acceptors (Lipinski definition) is 11. The summed E-state index contributed by atoms with van der Waals surface area (Å²) in [5, 5.41) is 9.44. The van der Waals surface area contributed by atoms with Crippen molar-refractivity contribution < 1.29 is 33.3 Å². The van der Waals surface area contributed by atoms with Crippen molar-refractivity contribution in [3.63, 3.8) is 0 Å². The number of carbonyl (C=O) groups is 3. The van der Waals surface area contributed by atoms with Crippen molar-refractivity contribution in [2.24, 2.45) is 5.92 Å². The number of esters is 1. The number of nitrogens with one attached hydrogen (secondary N) is 2. The van der Waals surface area contributed by atoms with Crippen molar-refractivity contribution in [3.05, 3.63) is 29.6 Å². The van der Waals surface area contributed by atoms with Gasteiger partial charge in [-0.1, -0.05) is 13.8 Å². The SMILES string of the molecule is COC(=O)[C@@H]1C[C@@H](Oc2cc(-c3csc(NC(C)C)n3)nc3cc(OC)ccc23)CN1C(=O)C(NC(=O)OC(C)(C)C)C(C)C. The number of pyridine rings is 1. The number of methoxy groups -OCH3 is 2. The van der Waals surface area contributed by atoms with Crippen LogP contribution in [0.1, 0.15) is 54.9 Å². The van der Waals surface area contributed by atoms with Crippen LogP contribution in [0.25, 0.3) is 22.3 Å². The highest BCUT2D eigenvalue weighted by Gasteiger charge is 2.44. The molecule has 2 amide bonds. The molecule has 1 unspecified atom stereocenters. The minimum absolute atomic E-state index is 0.103. The Morgan fingerprint density at radius 1 is 1.04 bits per heavy atom. The van der Waals surface area contributed by atoms with Gasteiger partial charge < -0.3 is 34.5 Å². The van der Waals surface area contributed by atoms with E-state index in [1.165, 1.54) is 23.3 Å². The second-order valence-electron chi connectivity index (χ2n) is 12.6. The molecule has 1 aliphatic rings. The first-order valence-corrected chi connectivity index (χ1v) is 15.8. The van der Waals surface area contributed by atoms with Gasteiger partial charge in [0.25, 0.3) is 0 Å². The van der Waals surface area contributed by atoms with Gasteiger partial charge in [0.05, 0.1) is 32.0 Å². The van der Waals surface area contributed by atoms with E-state index in [2.05, 4.69) is 10.6 Å². The third-order valence-corrected chi connectivity index (χ3v) is 7.85.